The van der Waals surface area contributed by atoms with Gasteiger partial charge in [-0.25, -0.2) is 9.97 Å². The SMILES string of the molecule is N=C(N)c1ccc2nc(C(O)(Cc3cccnc3)c3nc4ccccc4[nH]3)sc2c1. The third-order valence-corrected chi connectivity index (χ3v) is 6.19. The fourth-order valence-corrected chi connectivity index (χ4v) is 4.57. The number of fused-ring (bicyclic) bond motifs is 2. The molecule has 0 aliphatic carbocycles. The highest BCUT2D eigenvalue weighted by Gasteiger charge is 2.38. The lowest BCUT2D eigenvalue weighted by molar-refractivity contribution is 0.0725. The summed E-state index contributed by atoms with van der Waals surface area (Å²) in [6, 6.07) is 16.8. The standard InChI is InChI=1S/C22H18N6OS/c23-19(24)14-7-8-17-18(10-14)30-21(28-17)22(29,11-13-4-3-9-25-12-13)20-26-15-5-1-2-6-16(15)27-20/h1-10,12,29H,11H2,(H3,23,24)(H,26,27). The van der Waals surface area contributed by atoms with Crippen molar-refractivity contribution >= 4 is 38.4 Å². The molecule has 3 heterocycles. The minimum Gasteiger partial charge on any atom is -0.384 e. The van der Waals surface area contributed by atoms with E-state index in [2.05, 4.69) is 15.0 Å². The minimum absolute atomic E-state index is 0.00486. The number of nitrogens with zero attached hydrogens (tertiary/aromatic N) is 3. The number of benzene rings is 2. The molecule has 30 heavy (non-hydrogen) atoms. The summed E-state index contributed by atoms with van der Waals surface area (Å²) in [4.78, 5) is 16.8. The number of H-pyrrole nitrogens is 1. The molecule has 7 nitrogen and oxygen atoms in total. The van der Waals surface area contributed by atoms with Crippen molar-refractivity contribution in [2.45, 2.75) is 12.0 Å². The van der Waals surface area contributed by atoms with E-state index in [1.165, 1.54) is 11.3 Å². The number of aromatic nitrogens is 4. The molecule has 0 saturated heterocycles. The number of nitrogen functional groups attached to an aromatic ring is 1. The molecule has 5 aromatic rings. The van der Waals surface area contributed by atoms with Crippen LogP contribution in [0.2, 0.25) is 0 Å². The van der Waals surface area contributed by atoms with Crippen molar-refractivity contribution in [1.82, 2.24) is 19.9 Å². The van der Waals surface area contributed by atoms with E-state index < -0.39 is 5.60 Å². The van der Waals surface area contributed by atoms with Gasteiger partial charge in [-0.3, -0.25) is 10.4 Å². The number of aromatic amines is 1. The normalized spacial score (nSPS) is 13.5. The van der Waals surface area contributed by atoms with Gasteiger partial charge in [-0.05, 0) is 42.0 Å². The number of nitrogens with two attached hydrogens (primary N) is 1. The summed E-state index contributed by atoms with van der Waals surface area (Å²) in [5.74, 6) is 0.424. The molecular weight excluding hydrogens is 396 g/mol. The van der Waals surface area contributed by atoms with Gasteiger partial charge in [0.05, 0.1) is 21.3 Å². The van der Waals surface area contributed by atoms with Crippen molar-refractivity contribution in [3.05, 3.63) is 88.9 Å². The van der Waals surface area contributed by atoms with Crippen molar-refractivity contribution in [1.29, 1.82) is 5.41 Å². The molecule has 8 heteroatoms. The number of hydrogen-bond acceptors (Lipinski definition) is 6. The van der Waals surface area contributed by atoms with Gasteiger partial charge in [0, 0.05) is 24.4 Å². The molecule has 0 bridgehead atoms. The number of pyridine rings is 1. The Morgan fingerprint density at radius 1 is 1.10 bits per heavy atom. The van der Waals surface area contributed by atoms with Crippen LogP contribution in [0.5, 0.6) is 0 Å². The van der Waals surface area contributed by atoms with Gasteiger partial charge in [0.2, 0.25) is 0 Å². The van der Waals surface area contributed by atoms with E-state index in [0.717, 1.165) is 26.8 Å². The van der Waals surface area contributed by atoms with Gasteiger partial charge in [0.1, 0.15) is 16.7 Å². The second kappa shape index (κ2) is 7.01. The first kappa shape index (κ1) is 18.4. The van der Waals surface area contributed by atoms with Crippen molar-refractivity contribution in [3.63, 3.8) is 0 Å². The Morgan fingerprint density at radius 2 is 1.97 bits per heavy atom. The van der Waals surface area contributed by atoms with Gasteiger partial charge in [-0.2, -0.15) is 0 Å². The predicted octanol–water partition coefficient (Wildman–Crippen LogP) is 3.33. The van der Waals surface area contributed by atoms with E-state index in [-0.39, 0.29) is 12.3 Å². The first-order valence-corrected chi connectivity index (χ1v) is 10.2. The number of nitrogens with one attached hydrogen (secondary N) is 2. The Labute approximate surface area is 175 Å². The number of amidine groups is 1. The maximum absolute atomic E-state index is 11.9. The van der Waals surface area contributed by atoms with Gasteiger partial charge in [-0.1, -0.05) is 18.2 Å². The van der Waals surface area contributed by atoms with Gasteiger partial charge >= 0.3 is 0 Å². The van der Waals surface area contributed by atoms with E-state index >= 15 is 0 Å². The van der Waals surface area contributed by atoms with Gasteiger partial charge in [0.15, 0.2) is 5.60 Å². The van der Waals surface area contributed by atoms with Crippen molar-refractivity contribution in [2.75, 3.05) is 0 Å². The van der Waals surface area contributed by atoms with Gasteiger partial charge in [-0.15, -0.1) is 11.3 Å². The monoisotopic (exact) mass is 414 g/mol. The molecule has 1 atom stereocenters. The Kier molecular flexibility index (Phi) is 4.30. The molecular formula is C22H18N6OS. The zero-order valence-corrected chi connectivity index (χ0v) is 16.6. The lowest BCUT2D eigenvalue weighted by atomic mass is 9.95. The maximum atomic E-state index is 11.9. The second-order valence-electron chi connectivity index (χ2n) is 7.12. The molecule has 1 unspecified atom stereocenters. The van der Waals surface area contributed by atoms with E-state index in [1.54, 1.807) is 18.5 Å². The molecule has 0 radical (unpaired) electrons. The summed E-state index contributed by atoms with van der Waals surface area (Å²) < 4.78 is 0.846. The molecule has 2 aromatic carbocycles. The van der Waals surface area contributed by atoms with Crippen molar-refractivity contribution in [2.24, 2.45) is 5.73 Å². The molecule has 5 rings (SSSR count). The first-order valence-electron chi connectivity index (χ1n) is 9.35. The van der Waals surface area contributed by atoms with E-state index in [9.17, 15) is 5.11 Å². The van der Waals surface area contributed by atoms with E-state index in [1.807, 2.05) is 48.5 Å². The van der Waals surface area contributed by atoms with Crippen molar-refractivity contribution in [3.8, 4) is 0 Å². The number of aliphatic hydroxyl groups is 1. The Hall–Kier alpha value is -3.62. The second-order valence-corrected chi connectivity index (χ2v) is 8.15. The molecule has 0 fully saturated rings. The zero-order valence-electron chi connectivity index (χ0n) is 15.8. The summed E-state index contributed by atoms with van der Waals surface area (Å²) in [5, 5.41) is 20.1. The van der Waals surface area contributed by atoms with Crippen LogP contribution in [0.3, 0.4) is 0 Å². The Balaban J connectivity index is 1.69. The molecule has 0 spiro atoms. The van der Waals surface area contributed by atoms with Crippen LogP contribution in [-0.2, 0) is 12.0 Å². The lowest BCUT2D eigenvalue weighted by Gasteiger charge is -2.23. The van der Waals surface area contributed by atoms with Gasteiger partial charge in [0.25, 0.3) is 0 Å². The largest absolute Gasteiger partial charge is 0.384 e. The van der Waals surface area contributed by atoms with Crippen molar-refractivity contribution < 1.29 is 5.11 Å². The zero-order chi connectivity index (χ0) is 20.7. The Morgan fingerprint density at radius 3 is 2.73 bits per heavy atom. The summed E-state index contributed by atoms with van der Waals surface area (Å²) in [5.41, 5.74) is 8.00. The van der Waals surface area contributed by atoms with Crippen LogP contribution in [-0.4, -0.2) is 30.9 Å². The van der Waals surface area contributed by atoms with Gasteiger partial charge < -0.3 is 15.8 Å². The molecule has 0 amide bonds. The number of imidazole rings is 1. The number of para-hydroxylation sites is 2. The van der Waals surface area contributed by atoms with E-state index in [4.69, 9.17) is 16.1 Å². The quantitative estimate of drug-likeness (QED) is 0.259. The highest BCUT2D eigenvalue weighted by atomic mass is 32.1. The summed E-state index contributed by atoms with van der Waals surface area (Å²) in [6.07, 6.45) is 3.69. The topological polar surface area (TPSA) is 125 Å². The summed E-state index contributed by atoms with van der Waals surface area (Å²) in [6.45, 7) is 0. The van der Waals surface area contributed by atoms with Crippen LogP contribution >= 0.6 is 11.3 Å². The third-order valence-electron chi connectivity index (χ3n) is 5.02. The molecule has 148 valence electrons. The van der Waals surface area contributed by atoms with Crippen LogP contribution in [0.15, 0.2) is 67.0 Å². The number of hydrogen-bond donors (Lipinski definition) is 4. The average molecular weight is 414 g/mol. The third kappa shape index (κ3) is 3.12. The summed E-state index contributed by atoms with van der Waals surface area (Å²) in [7, 11) is 0. The number of thiazole rings is 1. The van der Waals surface area contributed by atoms with Crippen LogP contribution in [0.4, 0.5) is 0 Å². The Bertz CT molecular complexity index is 1340. The average Bonchev–Trinajstić information content (AvgIpc) is 3.38. The molecule has 5 N–H and O–H groups in total. The smallest absolute Gasteiger partial charge is 0.177 e. The molecule has 0 saturated carbocycles. The first-order chi connectivity index (χ1) is 14.5. The highest BCUT2D eigenvalue weighted by molar-refractivity contribution is 7.18. The van der Waals surface area contributed by atoms with Crippen LogP contribution < -0.4 is 5.73 Å². The number of rotatable bonds is 5. The van der Waals surface area contributed by atoms with E-state index in [0.29, 0.717) is 16.4 Å². The van der Waals surface area contributed by atoms with Crippen LogP contribution in [0.1, 0.15) is 22.0 Å². The lowest BCUT2D eigenvalue weighted by Crippen LogP contribution is -2.31. The van der Waals surface area contributed by atoms with Crippen LogP contribution in [0.25, 0.3) is 21.3 Å². The predicted molar refractivity (Wildman–Crippen MR) is 118 cm³/mol. The maximum Gasteiger partial charge on any atom is 0.177 e. The summed E-state index contributed by atoms with van der Waals surface area (Å²) >= 11 is 1.37. The van der Waals surface area contributed by atoms with Crippen LogP contribution in [0, 0.1) is 5.41 Å². The minimum atomic E-state index is -1.47. The fraction of sp³-hybridized carbons (Fsp3) is 0.0909. The molecule has 3 aromatic heterocycles. The molecule has 0 aliphatic rings. The highest BCUT2D eigenvalue weighted by Crippen LogP contribution is 2.37. The molecule has 0 aliphatic heterocycles. The fourth-order valence-electron chi connectivity index (χ4n) is 3.48.